The Kier molecular flexibility index (Phi) is 3.45. The van der Waals surface area contributed by atoms with Gasteiger partial charge in [-0.05, 0) is 63.6 Å². The van der Waals surface area contributed by atoms with Gasteiger partial charge >= 0.3 is 0 Å². The van der Waals surface area contributed by atoms with Crippen LogP contribution < -0.4 is 9.64 Å². The normalized spacial score (nSPS) is 19.2. The van der Waals surface area contributed by atoms with Crippen LogP contribution in [-0.2, 0) is 4.79 Å². The molecule has 0 radical (unpaired) electrons. The van der Waals surface area contributed by atoms with E-state index >= 15 is 0 Å². The number of benzene rings is 1. The van der Waals surface area contributed by atoms with E-state index in [1.54, 1.807) is 18.4 Å². The number of rotatable bonds is 2. The van der Waals surface area contributed by atoms with Gasteiger partial charge in [0.25, 0.3) is 5.91 Å². The molecule has 2 aliphatic heterocycles. The molecular formula is C21H21NO2S. The lowest BCUT2D eigenvalue weighted by Gasteiger charge is -2.38. The third-order valence-corrected chi connectivity index (χ3v) is 5.83. The van der Waals surface area contributed by atoms with Crippen molar-refractivity contribution in [2.24, 2.45) is 0 Å². The number of amides is 1. The Hall–Kier alpha value is -2.33. The summed E-state index contributed by atoms with van der Waals surface area (Å²) in [4.78, 5) is 17.6. The van der Waals surface area contributed by atoms with Crippen molar-refractivity contribution >= 4 is 40.2 Å². The Morgan fingerprint density at radius 3 is 2.52 bits per heavy atom. The molecule has 2 aromatic rings. The van der Waals surface area contributed by atoms with E-state index in [1.165, 1.54) is 10.5 Å². The molecule has 25 heavy (non-hydrogen) atoms. The van der Waals surface area contributed by atoms with Gasteiger partial charge in [-0.3, -0.25) is 9.69 Å². The van der Waals surface area contributed by atoms with Crippen molar-refractivity contribution in [1.82, 2.24) is 0 Å². The van der Waals surface area contributed by atoms with Gasteiger partial charge in [0.2, 0.25) is 0 Å². The van der Waals surface area contributed by atoms with Crippen LogP contribution in [0.4, 0.5) is 5.69 Å². The number of hydrogen-bond donors (Lipinski definition) is 0. The molecule has 0 spiro atoms. The summed E-state index contributed by atoms with van der Waals surface area (Å²) in [5.41, 5.74) is 4.62. The number of aryl methyl sites for hydroxylation is 1. The minimum absolute atomic E-state index is 0.0595. The van der Waals surface area contributed by atoms with Gasteiger partial charge in [-0.15, -0.1) is 11.3 Å². The summed E-state index contributed by atoms with van der Waals surface area (Å²) < 4.78 is 5.50. The summed E-state index contributed by atoms with van der Waals surface area (Å²) in [6.45, 7) is 8.35. The number of carbonyl (C=O) groups excluding carboxylic acids is 1. The van der Waals surface area contributed by atoms with E-state index in [0.717, 1.165) is 33.0 Å². The molecule has 0 bridgehead atoms. The molecule has 1 aromatic heterocycles. The maximum atomic E-state index is 13.3. The highest BCUT2D eigenvalue weighted by molar-refractivity contribution is 7.12. The minimum Gasteiger partial charge on any atom is -0.497 e. The van der Waals surface area contributed by atoms with Crippen molar-refractivity contribution in [2.75, 3.05) is 12.0 Å². The van der Waals surface area contributed by atoms with E-state index in [2.05, 4.69) is 45.9 Å². The molecule has 0 aliphatic carbocycles. The monoisotopic (exact) mass is 351 g/mol. The Balaban J connectivity index is 2.00. The van der Waals surface area contributed by atoms with Crippen molar-refractivity contribution in [3.05, 3.63) is 51.2 Å². The highest BCUT2D eigenvalue weighted by Gasteiger charge is 2.44. The number of allylic oxidation sites excluding steroid dienone is 1. The van der Waals surface area contributed by atoms with Crippen LogP contribution in [0.1, 0.15) is 41.7 Å². The summed E-state index contributed by atoms with van der Waals surface area (Å²) >= 11 is 1.70. The maximum absolute atomic E-state index is 13.3. The molecule has 3 nitrogen and oxygen atoms in total. The van der Waals surface area contributed by atoms with Crippen LogP contribution in [0.15, 0.2) is 30.3 Å². The number of methoxy groups -OCH3 is 1. The summed E-state index contributed by atoms with van der Waals surface area (Å²) in [5.74, 6) is 0.841. The first-order chi connectivity index (χ1) is 11.8. The van der Waals surface area contributed by atoms with Crippen LogP contribution in [0.25, 0.3) is 17.2 Å². The number of carbonyl (C=O) groups is 1. The topological polar surface area (TPSA) is 29.5 Å². The second-order valence-corrected chi connectivity index (χ2v) is 8.52. The number of hydrogen-bond acceptors (Lipinski definition) is 3. The van der Waals surface area contributed by atoms with Gasteiger partial charge in [-0.2, -0.15) is 0 Å². The molecule has 0 N–H and O–H groups in total. The largest absolute Gasteiger partial charge is 0.497 e. The minimum atomic E-state index is -0.349. The molecule has 3 heterocycles. The second kappa shape index (κ2) is 5.33. The van der Waals surface area contributed by atoms with Crippen LogP contribution in [0.2, 0.25) is 0 Å². The van der Waals surface area contributed by atoms with E-state index in [9.17, 15) is 4.79 Å². The molecule has 128 valence electrons. The van der Waals surface area contributed by atoms with Crippen molar-refractivity contribution in [2.45, 2.75) is 33.2 Å². The quantitative estimate of drug-likeness (QED) is 0.701. The summed E-state index contributed by atoms with van der Waals surface area (Å²) in [6.07, 6.45) is 4.17. The van der Waals surface area contributed by atoms with Crippen molar-refractivity contribution < 1.29 is 9.53 Å². The Morgan fingerprint density at radius 1 is 1.16 bits per heavy atom. The fourth-order valence-electron chi connectivity index (χ4n) is 3.84. The van der Waals surface area contributed by atoms with E-state index in [1.807, 2.05) is 23.1 Å². The molecule has 4 heteroatoms. The molecule has 0 saturated carbocycles. The lowest BCUT2D eigenvalue weighted by atomic mass is 9.89. The third kappa shape index (κ3) is 2.35. The molecule has 0 atom stereocenters. The van der Waals surface area contributed by atoms with Gasteiger partial charge in [-0.25, -0.2) is 0 Å². The van der Waals surface area contributed by atoms with Crippen LogP contribution in [-0.4, -0.2) is 18.6 Å². The van der Waals surface area contributed by atoms with Gasteiger partial charge in [-0.1, -0.05) is 6.08 Å². The van der Waals surface area contributed by atoms with E-state index < -0.39 is 0 Å². The van der Waals surface area contributed by atoms with Crippen LogP contribution in [0.5, 0.6) is 5.75 Å². The fraction of sp³-hybridized carbons (Fsp3) is 0.286. The zero-order chi connectivity index (χ0) is 17.9. The van der Waals surface area contributed by atoms with Crippen molar-refractivity contribution in [3.8, 4) is 5.75 Å². The van der Waals surface area contributed by atoms with E-state index in [-0.39, 0.29) is 11.4 Å². The number of anilines is 1. The van der Waals surface area contributed by atoms with Gasteiger partial charge in [0, 0.05) is 20.9 Å². The Bertz CT molecular complexity index is 962. The molecule has 0 fully saturated rings. The highest BCUT2D eigenvalue weighted by Crippen LogP contribution is 2.51. The number of ether oxygens (including phenoxy) is 1. The molecule has 2 aliphatic rings. The lowest BCUT2D eigenvalue weighted by Crippen LogP contribution is -2.46. The smallest absolute Gasteiger partial charge is 0.259 e. The summed E-state index contributed by atoms with van der Waals surface area (Å²) in [6, 6.07) is 8.16. The first kappa shape index (κ1) is 16.2. The SMILES string of the molecule is COc1cc2c3c(c1)/C(=C\c1ccc(C)s1)C(=O)N3C(C)(C)C=C2C. The molecular weight excluding hydrogens is 330 g/mol. The Labute approximate surface area is 152 Å². The zero-order valence-corrected chi connectivity index (χ0v) is 16.0. The molecule has 1 aromatic carbocycles. The van der Waals surface area contributed by atoms with E-state index in [0.29, 0.717) is 0 Å². The zero-order valence-electron chi connectivity index (χ0n) is 15.1. The standard InChI is InChI=1S/C21H21NO2S/c1-12-11-21(3,4)22-19-16(12)8-14(24-5)9-17(19)18(20(22)23)10-15-7-6-13(2)25-15/h6-11H,1-5H3/b18-10+. The predicted molar refractivity (Wildman–Crippen MR) is 105 cm³/mol. The first-order valence-electron chi connectivity index (χ1n) is 8.37. The number of thiophene rings is 1. The Morgan fingerprint density at radius 2 is 1.88 bits per heavy atom. The summed E-state index contributed by atoms with van der Waals surface area (Å²) in [7, 11) is 1.67. The molecule has 1 amide bonds. The van der Waals surface area contributed by atoms with Crippen LogP contribution in [0, 0.1) is 6.92 Å². The first-order valence-corrected chi connectivity index (χ1v) is 9.18. The average Bonchev–Trinajstić information content (AvgIpc) is 3.07. The van der Waals surface area contributed by atoms with Gasteiger partial charge < -0.3 is 4.74 Å². The van der Waals surface area contributed by atoms with Gasteiger partial charge in [0.1, 0.15) is 5.75 Å². The second-order valence-electron chi connectivity index (χ2n) is 7.20. The molecule has 0 unspecified atom stereocenters. The third-order valence-electron chi connectivity index (χ3n) is 4.89. The van der Waals surface area contributed by atoms with Gasteiger partial charge in [0.15, 0.2) is 0 Å². The van der Waals surface area contributed by atoms with Gasteiger partial charge in [0.05, 0.1) is 23.9 Å². The van der Waals surface area contributed by atoms with Crippen molar-refractivity contribution in [3.63, 3.8) is 0 Å². The molecule has 0 saturated heterocycles. The summed E-state index contributed by atoms with van der Waals surface area (Å²) in [5, 5.41) is 0. The molecule has 4 rings (SSSR count). The fourth-order valence-corrected chi connectivity index (χ4v) is 4.67. The van der Waals surface area contributed by atoms with Crippen LogP contribution in [0.3, 0.4) is 0 Å². The highest BCUT2D eigenvalue weighted by atomic mass is 32.1. The van der Waals surface area contributed by atoms with Crippen molar-refractivity contribution in [1.29, 1.82) is 0 Å². The lowest BCUT2D eigenvalue weighted by molar-refractivity contribution is -0.113. The van der Waals surface area contributed by atoms with Crippen LogP contribution >= 0.6 is 11.3 Å². The predicted octanol–water partition coefficient (Wildman–Crippen LogP) is 5.15. The number of nitrogens with zero attached hydrogens (tertiary/aromatic N) is 1. The van der Waals surface area contributed by atoms with E-state index in [4.69, 9.17) is 4.74 Å². The average molecular weight is 351 g/mol. The maximum Gasteiger partial charge on any atom is 0.259 e.